The topological polar surface area (TPSA) is 16.4 Å². The monoisotopic (exact) mass is 799 g/mol. The Bertz CT molecular complexity index is 3830. The van der Waals surface area contributed by atoms with E-state index >= 15 is 0 Å². The summed E-state index contributed by atoms with van der Waals surface area (Å²) in [5, 5.41) is 9.71. The average Bonchev–Trinajstić information content (AvgIpc) is 3.97. The fourth-order valence-corrected chi connectivity index (χ4v) is 11.4. The minimum atomic E-state index is -0.480. The van der Waals surface area contributed by atoms with Gasteiger partial charge in [0.1, 0.15) is 11.2 Å². The highest BCUT2D eigenvalue weighted by Gasteiger charge is 2.52. The van der Waals surface area contributed by atoms with Crippen LogP contribution in [0.5, 0.6) is 0 Å². The number of benzene rings is 11. The van der Waals surface area contributed by atoms with E-state index < -0.39 is 5.41 Å². The second kappa shape index (κ2) is 12.9. The third-order valence-electron chi connectivity index (χ3n) is 14.0. The number of hydrogen-bond donors (Lipinski definition) is 0. The number of nitrogens with zero attached hydrogens (tertiary/aromatic N) is 1. The van der Waals surface area contributed by atoms with Gasteiger partial charge in [-0.05, 0) is 143 Å². The largest absolute Gasteiger partial charge is 0.456 e. The Balaban J connectivity index is 1.03. The zero-order valence-electron chi connectivity index (χ0n) is 34.2. The van der Waals surface area contributed by atoms with Crippen LogP contribution in [0.15, 0.2) is 229 Å². The van der Waals surface area contributed by atoms with E-state index in [2.05, 4.69) is 229 Å². The summed E-state index contributed by atoms with van der Waals surface area (Å²) >= 11 is 0. The first-order valence-corrected chi connectivity index (χ1v) is 21.8. The van der Waals surface area contributed by atoms with E-state index in [1.807, 2.05) is 0 Å². The molecule has 0 atom stereocenters. The number of furan rings is 1. The van der Waals surface area contributed by atoms with Gasteiger partial charge in [-0.25, -0.2) is 0 Å². The minimum Gasteiger partial charge on any atom is -0.456 e. The van der Waals surface area contributed by atoms with E-state index in [-0.39, 0.29) is 0 Å². The molecular formula is C61H37NO. The lowest BCUT2D eigenvalue weighted by atomic mass is 9.70. The first-order chi connectivity index (χ1) is 31.2. The molecule has 0 bridgehead atoms. The standard InChI is InChI=1S/C61H37NO/c1-2-17-43(18-3-1)62(44-31-33-57-51(37-44)59-47(22-12-27-58(59)63-57)42-30-32-46-41(34-42)29-28-38-14-6-7-19-45(38)46)56-26-13-25-54-60(56)50-35-39-15-4-5-16-40(39)36-55(50)61(54)52-23-10-8-20-48(52)49-21-9-11-24-53(49)61/h1-37H. The van der Waals surface area contributed by atoms with Gasteiger partial charge in [-0.2, -0.15) is 0 Å². The molecule has 0 fully saturated rings. The molecule has 2 heteroatoms. The highest BCUT2D eigenvalue weighted by Crippen LogP contribution is 2.65. The highest BCUT2D eigenvalue weighted by molar-refractivity contribution is 6.15. The number of hydrogen-bond acceptors (Lipinski definition) is 2. The summed E-state index contributed by atoms with van der Waals surface area (Å²) in [6, 6.07) is 82.9. The first kappa shape index (κ1) is 34.5. The number of rotatable bonds is 4. The van der Waals surface area contributed by atoms with Gasteiger partial charge in [0.05, 0.1) is 11.1 Å². The maximum absolute atomic E-state index is 6.68. The molecule has 292 valence electrons. The molecule has 11 aromatic carbocycles. The van der Waals surface area contributed by atoms with Crippen molar-refractivity contribution in [3.05, 3.63) is 247 Å². The lowest BCUT2D eigenvalue weighted by molar-refractivity contribution is 0.669. The van der Waals surface area contributed by atoms with Crippen LogP contribution >= 0.6 is 0 Å². The van der Waals surface area contributed by atoms with Crippen molar-refractivity contribution in [3.8, 4) is 33.4 Å². The smallest absolute Gasteiger partial charge is 0.136 e. The number of anilines is 3. The number of para-hydroxylation sites is 1. The molecule has 2 aliphatic rings. The summed E-state index contributed by atoms with van der Waals surface area (Å²) < 4.78 is 6.68. The van der Waals surface area contributed by atoms with E-state index in [1.165, 1.54) is 82.4 Å². The van der Waals surface area contributed by atoms with Gasteiger partial charge in [0.25, 0.3) is 0 Å². The lowest BCUT2D eigenvalue weighted by Gasteiger charge is -2.32. The van der Waals surface area contributed by atoms with Crippen LogP contribution in [0.3, 0.4) is 0 Å². The van der Waals surface area contributed by atoms with Crippen molar-refractivity contribution in [1.29, 1.82) is 0 Å². The van der Waals surface area contributed by atoms with E-state index in [0.29, 0.717) is 0 Å². The fourth-order valence-electron chi connectivity index (χ4n) is 11.4. The maximum atomic E-state index is 6.68. The zero-order chi connectivity index (χ0) is 41.2. The molecule has 0 aliphatic heterocycles. The van der Waals surface area contributed by atoms with Gasteiger partial charge in [0.2, 0.25) is 0 Å². The molecule has 1 spiro atoms. The van der Waals surface area contributed by atoms with Gasteiger partial charge < -0.3 is 9.32 Å². The fraction of sp³-hybridized carbons (Fsp3) is 0.0164. The number of fused-ring (bicyclic) bond motifs is 17. The van der Waals surface area contributed by atoms with Gasteiger partial charge in [-0.3, -0.25) is 0 Å². The second-order valence-electron chi connectivity index (χ2n) is 17.1. The summed E-state index contributed by atoms with van der Waals surface area (Å²) in [6.45, 7) is 0. The van der Waals surface area contributed by atoms with E-state index in [9.17, 15) is 0 Å². The van der Waals surface area contributed by atoms with Crippen molar-refractivity contribution >= 4 is 71.3 Å². The van der Waals surface area contributed by atoms with Crippen molar-refractivity contribution in [2.45, 2.75) is 5.41 Å². The van der Waals surface area contributed by atoms with Crippen LogP contribution in [0.25, 0.3) is 87.6 Å². The normalized spacial score (nSPS) is 13.2. The van der Waals surface area contributed by atoms with Crippen molar-refractivity contribution in [2.75, 3.05) is 4.90 Å². The summed E-state index contributed by atoms with van der Waals surface area (Å²) in [4.78, 5) is 2.46. The van der Waals surface area contributed by atoms with Crippen molar-refractivity contribution in [1.82, 2.24) is 0 Å². The van der Waals surface area contributed by atoms with Gasteiger partial charge in [-0.1, -0.05) is 164 Å². The molecule has 1 aromatic heterocycles. The van der Waals surface area contributed by atoms with Gasteiger partial charge >= 0.3 is 0 Å². The molecule has 1 heterocycles. The SMILES string of the molecule is c1ccc(N(c2ccc3oc4cccc(-c5ccc6c(ccc7ccccc76)c5)c4c3c2)c2cccc3c2-c2cc4ccccc4cc2C32c3ccccc3-c3ccccc32)cc1. The quantitative estimate of drug-likeness (QED) is 0.165. The Morgan fingerprint density at radius 2 is 0.984 bits per heavy atom. The second-order valence-corrected chi connectivity index (χ2v) is 17.1. The van der Waals surface area contributed by atoms with Gasteiger partial charge in [0.15, 0.2) is 0 Å². The van der Waals surface area contributed by atoms with Crippen LogP contribution in [0.2, 0.25) is 0 Å². The molecular weight excluding hydrogens is 763 g/mol. The maximum Gasteiger partial charge on any atom is 0.136 e. The van der Waals surface area contributed by atoms with Crippen LogP contribution in [-0.4, -0.2) is 0 Å². The summed E-state index contributed by atoms with van der Waals surface area (Å²) in [7, 11) is 0. The van der Waals surface area contributed by atoms with E-state index in [0.717, 1.165) is 44.6 Å². The Labute approximate surface area is 364 Å². The third kappa shape index (κ3) is 4.72. The molecule has 0 radical (unpaired) electrons. The Kier molecular flexibility index (Phi) is 7.07. The third-order valence-corrected chi connectivity index (χ3v) is 14.0. The minimum absolute atomic E-state index is 0.480. The molecule has 2 nitrogen and oxygen atoms in total. The highest BCUT2D eigenvalue weighted by atomic mass is 16.3. The molecule has 0 saturated carbocycles. The molecule has 0 amide bonds. The van der Waals surface area contributed by atoms with Crippen molar-refractivity contribution < 1.29 is 4.42 Å². The first-order valence-electron chi connectivity index (χ1n) is 21.8. The van der Waals surface area contributed by atoms with Crippen molar-refractivity contribution in [3.63, 3.8) is 0 Å². The molecule has 63 heavy (non-hydrogen) atoms. The summed E-state index contributed by atoms with van der Waals surface area (Å²) in [6.07, 6.45) is 0. The Morgan fingerprint density at radius 3 is 1.81 bits per heavy atom. The van der Waals surface area contributed by atoms with Crippen molar-refractivity contribution in [2.24, 2.45) is 0 Å². The zero-order valence-corrected chi connectivity index (χ0v) is 34.2. The molecule has 0 N–H and O–H groups in total. The van der Waals surface area contributed by atoms with Crippen LogP contribution in [-0.2, 0) is 5.41 Å². The molecule has 2 aliphatic carbocycles. The summed E-state index contributed by atoms with van der Waals surface area (Å²) in [5.41, 5.74) is 17.4. The van der Waals surface area contributed by atoms with Crippen LogP contribution in [0, 0.1) is 0 Å². The predicted octanol–water partition coefficient (Wildman–Crippen LogP) is 16.5. The van der Waals surface area contributed by atoms with Gasteiger partial charge in [0, 0.05) is 27.7 Å². The lowest BCUT2D eigenvalue weighted by Crippen LogP contribution is -2.26. The molecule has 12 aromatic rings. The van der Waals surface area contributed by atoms with Gasteiger partial charge in [-0.15, -0.1) is 0 Å². The predicted molar refractivity (Wildman–Crippen MR) is 263 cm³/mol. The average molecular weight is 800 g/mol. The summed E-state index contributed by atoms with van der Waals surface area (Å²) in [5.74, 6) is 0. The van der Waals surface area contributed by atoms with E-state index in [4.69, 9.17) is 4.42 Å². The molecule has 14 rings (SSSR count). The Morgan fingerprint density at radius 1 is 0.333 bits per heavy atom. The Hall–Kier alpha value is -8.20. The molecule has 0 saturated heterocycles. The van der Waals surface area contributed by atoms with E-state index in [1.54, 1.807) is 0 Å². The molecule has 0 unspecified atom stereocenters. The van der Waals surface area contributed by atoms with Crippen LogP contribution < -0.4 is 4.90 Å². The van der Waals surface area contributed by atoms with Crippen LogP contribution in [0.1, 0.15) is 22.3 Å². The van der Waals surface area contributed by atoms with Crippen LogP contribution in [0.4, 0.5) is 17.1 Å².